The van der Waals surface area contributed by atoms with Gasteiger partial charge in [-0.05, 0) is 52.4 Å². The van der Waals surface area contributed by atoms with Crippen LogP contribution in [0.15, 0.2) is 72.8 Å². The first-order chi connectivity index (χ1) is 19.7. The van der Waals surface area contributed by atoms with E-state index >= 15 is 0 Å². The Morgan fingerprint density at radius 1 is 0.829 bits per heavy atom. The maximum Gasteiger partial charge on any atom is 0.407 e. The number of carbonyl (C=O) groups excluding carboxylic acids is 3. The number of ether oxygens (including phenoxy) is 1. The minimum absolute atomic E-state index is 0.0263. The van der Waals surface area contributed by atoms with Crippen molar-refractivity contribution >= 4 is 29.6 Å². The summed E-state index contributed by atoms with van der Waals surface area (Å²) in [6.07, 6.45) is -0.535. The normalized spacial score (nSPS) is 12.7. The van der Waals surface area contributed by atoms with Crippen molar-refractivity contribution in [2.45, 2.75) is 25.8 Å². The van der Waals surface area contributed by atoms with Crippen LogP contribution >= 0.6 is 0 Å². The molecule has 0 fully saturated rings. The molecule has 5 N–H and O–H groups in total. The van der Waals surface area contributed by atoms with E-state index in [0.29, 0.717) is 12.2 Å². The molecule has 0 saturated heterocycles. The fraction of sp³-hybridized carbons (Fsp3) is 0.290. The number of aromatic carboxylic acids is 1. The van der Waals surface area contributed by atoms with Crippen LogP contribution in [0.25, 0.3) is 11.1 Å². The van der Waals surface area contributed by atoms with Gasteiger partial charge < -0.3 is 31.1 Å². The Bertz CT molecular complexity index is 1360. The molecule has 0 aromatic heterocycles. The summed E-state index contributed by atoms with van der Waals surface area (Å²) in [6, 6.07) is 21.4. The van der Waals surface area contributed by atoms with Crippen molar-refractivity contribution in [2.24, 2.45) is 5.92 Å². The number of rotatable bonds is 12. The summed E-state index contributed by atoms with van der Waals surface area (Å²) in [5.41, 5.74) is 5.12. The standard InChI is InChI=1S/C31H34N4O6/c1-19(2)28(29(37)34-17-27(36)35-21-13-11-20(12-14-21)30(38)39)32-15-16-33-31(40)41-18-26-24-9-5-3-7-22(24)23-8-4-6-10-25(23)26/h3-14,19,26,28,32H,15-18H2,1-2H3,(H,33,40)(H,34,37)(H,35,36)(H,38,39). The van der Waals surface area contributed by atoms with E-state index in [4.69, 9.17) is 9.84 Å². The predicted molar refractivity (Wildman–Crippen MR) is 155 cm³/mol. The predicted octanol–water partition coefficient (Wildman–Crippen LogP) is 3.59. The van der Waals surface area contributed by atoms with E-state index in [9.17, 15) is 19.2 Å². The Hall–Kier alpha value is -4.70. The van der Waals surface area contributed by atoms with E-state index in [-0.39, 0.29) is 43.0 Å². The second kappa shape index (κ2) is 13.6. The van der Waals surface area contributed by atoms with E-state index in [1.165, 1.54) is 24.3 Å². The number of hydrogen-bond donors (Lipinski definition) is 5. The van der Waals surface area contributed by atoms with Gasteiger partial charge >= 0.3 is 12.1 Å². The molecule has 1 atom stereocenters. The lowest BCUT2D eigenvalue weighted by Crippen LogP contribution is -2.50. The average Bonchev–Trinajstić information content (AvgIpc) is 3.28. The van der Waals surface area contributed by atoms with Crippen LogP contribution in [0.4, 0.5) is 10.5 Å². The molecule has 0 spiro atoms. The molecule has 214 valence electrons. The number of nitrogens with one attached hydrogen (secondary N) is 4. The summed E-state index contributed by atoms with van der Waals surface area (Å²) >= 11 is 0. The Labute approximate surface area is 238 Å². The molecule has 0 bridgehead atoms. The van der Waals surface area contributed by atoms with Crippen molar-refractivity contribution in [2.75, 3.05) is 31.6 Å². The zero-order chi connectivity index (χ0) is 29.4. The summed E-state index contributed by atoms with van der Waals surface area (Å²) in [4.78, 5) is 48.3. The Morgan fingerprint density at radius 2 is 1.44 bits per heavy atom. The van der Waals surface area contributed by atoms with Gasteiger partial charge in [0.1, 0.15) is 6.61 Å². The average molecular weight is 559 g/mol. The van der Waals surface area contributed by atoms with E-state index < -0.39 is 24.0 Å². The van der Waals surface area contributed by atoms with E-state index in [1.807, 2.05) is 38.1 Å². The van der Waals surface area contributed by atoms with Crippen LogP contribution in [0.1, 0.15) is 41.3 Å². The molecule has 3 amide bonds. The number of alkyl carbamates (subject to hydrolysis) is 1. The number of carboxylic acids is 1. The summed E-state index contributed by atoms with van der Waals surface area (Å²) in [7, 11) is 0. The maximum absolute atomic E-state index is 12.7. The molecule has 0 saturated carbocycles. The fourth-order valence-electron chi connectivity index (χ4n) is 4.85. The van der Waals surface area contributed by atoms with Crippen molar-refractivity contribution in [3.63, 3.8) is 0 Å². The number of hydrogen-bond acceptors (Lipinski definition) is 6. The van der Waals surface area contributed by atoms with Gasteiger partial charge in [-0.2, -0.15) is 0 Å². The molecule has 0 radical (unpaired) electrons. The molecular formula is C31H34N4O6. The zero-order valence-electron chi connectivity index (χ0n) is 23.0. The van der Waals surface area contributed by atoms with Crippen LogP contribution in [-0.2, 0) is 14.3 Å². The minimum atomic E-state index is -1.06. The van der Waals surface area contributed by atoms with Crippen LogP contribution in [0.5, 0.6) is 0 Å². The van der Waals surface area contributed by atoms with Gasteiger partial charge in [0.2, 0.25) is 11.8 Å². The highest BCUT2D eigenvalue weighted by molar-refractivity contribution is 5.96. The third-order valence-corrected chi connectivity index (χ3v) is 6.89. The first-order valence-electron chi connectivity index (χ1n) is 13.5. The van der Waals surface area contributed by atoms with Gasteiger partial charge in [0.15, 0.2) is 0 Å². The Balaban J connectivity index is 1.18. The number of carboxylic acid groups (broad SMARTS) is 1. The lowest BCUT2D eigenvalue weighted by molar-refractivity contribution is -0.126. The van der Waals surface area contributed by atoms with Gasteiger partial charge in [-0.25, -0.2) is 9.59 Å². The smallest absolute Gasteiger partial charge is 0.407 e. The fourth-order valence-corrected chi connectivity index (χ4v) is 4.85. The van der Waals surface area contributed by atoms with Crippen LogP contribution in [0.3, 0.4) is 0 Å². The quantitative estimate of drug-likeness (QED) is 0.214. The van der Waals surface area contributed by atoms with Crippen molar-refractivity contribution in [1.29, 1.82) is 0 Å². The summed E-state index contributed by atoms with van der Waals surface area (Å²) in [5, 5.41) is 20.0. The lowest BCUT2D eigenvalue weighted by atomic mass is 9.98. The monoisotopic (exact) mass is 558 g/mol. The summed E-state index contributed by atoms with van der Waals surface area (Å²) in [5.74, 6) is -1.95. The highest BCUT2D eigenvalue weighted by Crippen LogP contribution is 2.44. The molecular weight excluding hydrogens is 524 g/mol. The number of carbonyl (C=O) groups is 4. The van der Waals surface area contributed by atoms with Crippen LogP contribution in [0.2, 0.25) is 0 Å². The lowest BCUT2D eigenvalue weighted by Gasteiger charge is -2.22. The van der Waals surface area contributed by atoms with Crippen LogP contribution in [0, 0.1) is 5.92 Å². The number of benzene rings is 3. The molecule has 1 aliphatic rings. The van der Waals surface area contributed by atoms with Crippen molar-refractivity contribution in [3.8, 4) is 11.1 Å². The van der Waals surface area contributed by atoms with Gasteiger partial charge in [-0.15, -0.1) is 0 Å². The van der Waals surface area contributed by atoms with Gasteiger partial charge in [0, 0.05) is 24.7 Å². The van der Waals surface area contributed by atoms with Gasteiger partial charge in [-0.3, -0.25) is 9.59 Å². The van der Waals surface area contributed by atoms with Gasteiger partial charge in [0.25, 0.3) is 0 Å². The summed E-state index contributed by atoms with van der Waals surface area (Å²) in [6.45, 7) is 4.29. The molecule has 41 heavy (non-hydrogen) atoms. The number of amides is 3. The molecule has 1 unspecified atom stereocenters. The van der Waals surface area contributed by atoms with E-state index in [1.54, 1.807) is 0 Å². The largest absolute Gasteiger partial charge is 0.478 e. The topological polar surface area (TPSA) is 146 Å². The molecule has 10 heteroatoms. The summed E-state index contributed by atoms with van der Waals surface area (Å²) < 4.78 is 5.54. The minimum Gasteiger partial charge on any atom is -0.478 e. The molecule has 0 aliphatic heterocycles. The van der Waals surface area contributed by atoms with Crippen LogP contribution < -0.4 is 21.3 Å². The van der Waals surface area contributed by atoms with E-state index in [2.05, 4.69) is 45.5 Å². The SMILES string of the molecule is CC(C)C(NCCNC(=O)OCC1c2ccccc2-c2ccccc21)C(=O)NCC(=O)Nc1ccc(C(=O)O)cc1. The van der Waals surface area contributed by atoms with Crippen LogP contribution in [-0.4, -0.2) is 61.3 Å². The number of anilines is 1. The zero-order valence-corrected chi connectivity index (χ0v) is 23.0. The third kappa shape index (κ3) is 7.49. The maximum atomic E-state index is 12.7. The molecule has 10 nitrogen and oxygen atoms in total. The van der Waals surface area contributed by atoms with Crippen molar-refractivity contribution in [3.05, 3.63) is 89.5 Å². The molecule has 0 heterocycles. The van der Waals surface area contributed by atoms with Gasteiger partial charge in [0.05, 0.1) is 18.2 Å². The van der Waals surface area contributed by atoms with Gasteiger partial charge in [-0.1, -0.05) is 62.4 Å². The Kier molecular flexibility index (Phi) is 9.70. The van der Waals surface area contributed by atoms with Crippen molar-refractivity contribution in [1.82, 2.24) is 16.0 Å². The highest BCUT2D eigenvalue weighted by atomic mass is 16.5. The van der Waals surface area contributed by atoms with E-state index in [0.717, 1.165) is 22.3 Å². The molecule has 1 aliphatic carbocycles. The molecule has 3 aromatic rings. The second-order valence-electron chi connectivity index (χ2n) is 10.1. The Morgan fingerprint density at radius 3 is 2.02 bits per heavy atom. The first-order valence-corrected chi connectivity index (χ1v) is 13.5. The third-order valence-electron chi connectivity index (χ3n) is 6.89. The number of fused-ring (bicyclic) bond motifs is 3. The van der Waals surface area contributed by atoms with Crippen molar-refractivity contribution < 1.29 is 29.0 Å². The molecule has 3 aromatic carbocycles. The highest BCUT2D eigenvalue weighted by Gasteiger charge is 2.29. The molecule has 4 rings (SSSR count). The second-order valence-corrected chi connectivity index (χ2v) is 10.1. The first kappa shape index (κ1) is 29.3.